The van der Waals surface area contributed by atoms with E-state index < -0.39 is 124 Å². The van der Waals surface area contributed by atoms with Gasteiger partial charge in [0.05, 0.1) is 38.6 Å². The fourth-order valence-electron chi connectivity index (χ4n) is 13.1. The third-order valence-corrected chi connectivity index (χ3v) is 19.3. The van der Waals surface area contributed by atoms with Gasteiger partial charge in [0, 0.05) is 6.42 Å². The van der Waals surface area contributed by atoms with E-state index in [0.717, 1.165) is 77.0 Å². The van der Waals surface area contributed by atoms with Crippen molar-refractivity contribution in [2.24, 2.45) is 0 Å². The summed E-state index contributed by atoms with van der Waals surface area (Å²) in [5.41, 5.74) is 0. The predicted octanol–water partition coefficient (Wildman–Crippen LogP) is 12.3. The van der Waals surface area contributed by atoms with Crippen molar-refractivity contribution in [1.82, 2.24) is 5.32 Å². The number of carbonyl (C=O) groups excluding carboxylic acids is 1. The van der Waals surface area contributed by atoms with Crippen molar-refractivity contribution in [3.63, 3.8) is 0 Å². The lowest BCUT2D eigenvalue weighted by Gasteiger charge is -2.48. The Morgan fingerprint density at radius 1 is 0.381 bits per heavy atom. The summed E-state index contributed by atoms with van der Waals surface area (Å²) in [4.78, 5) is 13.5. The number of amides is 1. The summed E-state index contributed by atoms with van der Waals surface area (Å²) in [6.45, 7) is 1.66. The minimum absolute atomic E-state index is 0.239. The Labute approximate surface area is 586 Å². The van der Waals surface area contributed by atoms with Crippen LogP contribution in [0, 0.1) is 0 Å². The van der Waals surface area contributed by atoms with Crippen molar-refractivity contribution >= 4 is 5.91 Å². The maximum atomic E-state index is 13.5. The second-order valence-electron chi connectivity index (χ2n) is 27.8. The Bertz CT molecular complexity index is 1990. The first-order chi connectivity index (χ1) is 47.3. The summed E-state index contributed by atoms with van der Waals surface area (Å²) in [5.74, 6) is -0.276. The number of hydrogen-bond acceptors (Lipinski definition) is 18. The number of nitrogens with one attached hydrogen (secondary N) is 1. The van der Waals surface area contributed by atoms with Crippen LogP contribution in [-0.4, -0.2) is 193 Å². The van der Waals surface area contributed by atoms with Crippen molar-refractivity contribution in [1.29, 1.82) is 0 Å². The normalized spacial score (nSPS) is 27.2. The number of unbranched alkanes of at least 4 members (excludes halogenated alkanes) is 37. The molecule has 3 aliphatic rings. The molecule has 0 aromatic carbocycles. The standard InChI is InChI=1S/C78H141NO18/c1-3-5-7-9-11-13-15-17-19-21-23-25-27-29-30-32-33-35-37-39-41-43-45-47-49-51-53-55-62(83)61(79-66(84)56-54-52-50-48-46-44-42-40-38-36-34-31-28-26-24-22-20-18-16-14-12-10-8-6-4-2)60-92-76-72(90)69(87)74(64(58-81)94-76)97-78-73(91)70(88)75(65(59-82)95-78)96-77-71(89)68(86)67(85)63(57-80)93-77/h6,8,12,14,18,20,24,26,53,55,61-65,67-78,80-83,85-91H,3-5,7,9-11,13,15-17,19,21-23,25,27-52,54,56-60H2,1-2H3,(H,79,84)/b8-6-,14-12-,20-18-,26-24-,55-53+. The molecule has 0 spiro atoms. The summed E-state index contributed by atoms with van der Waals surface area (Å²) in [6, 6.07) is -0.978. The van der Waals surface area contributed by atoms with E-state index >= 15 is 0 Å². The quantitative estimate of drug-likeness (QED) is 0.0199. The molecule has 0 aliphatic carbocycles. The van der Waals surface area contributed by atoms with Gasteiger partial charge in [-0.15, -0.1) is 0 Å². The number of aliphatic hydroxyl groups is 11. The molecule has 12 N–H and O–H groups in total. The third-order valence-electron chi connectivity index (χ3n) is 19.3. The number of aliphatic hydroxyl groups excluding tert-OH is 11. The molecule has 3 rings (SSSR count). The van der Waals surface area contributed by atoms with Crippen LogP contribution in [0.15, 0.2) is 60.8 Å². The number of allylic oxidation sites excluding steroid dienone is 9. The lowest BCUT2D eigenvalue weighted by molar-refractivity contribution is -0.379. The molecule has 0 bridgehead atoms. The van der Waals surface area contributed by atoms with Crippen LogP contribution in [0.2, 0.25) is 0 Å². The molecular formula is C78H141NO18. The van der Waals surface area contributed by atoms with Gasteiger partial charge in [0.25, 0.3) is 0 Å². The van der Waals surface area contributed by atoms with E-state index in [1.807, 2.05) is 6.08 Å². The van der Waals surface area contributed by atoms with Crippen LogP contribution in [0.3, 0.4) is 0 Å². The molecule has 1 amide bonds. The van der Waals surface area contributed by atoms with Gasteiger partial charge in [0.1, 0.15) is 73.2 Å². The lowest BCUT2D eigenvalue weighted by Crippen LogP contribution is -2.66. The zero-order valence-electron chi connectivity index (χ0n) is 60.3. The van der Waals surface area contributed by atoms with Crippen LogP contribution in [0.5, 0.6) is 0 Å². The molecule has 0 aromatic rings. The van der Waals surface area contributed by atoms with Crippen LogP contribution in [-0.2, 0) is 33.2 Å². The Morgan fingerprint density at radius 3 is 1.11 bits per heavy atom. The Morgan fingerprint density at radius 2 is 0.711 bits per heavy atom. The summed E-state index contributed by atoms with van der Waals surface area (Å²) in [7, 11) is 0. The Balaban J connectivity index is 1.40. The molecule has 17 atom stereocenters. The number of rotatable bonds is 61. The molecule has 17 unspecified atom stereocenters. The van der Waals surface area contributed by atoms with Gasteiger partial charge in [-0.1, -0.05) is 293 Å². The molecule has 3 fully saturated rings. The van der Waals surface area contributed by atoms with E-state index in [1.165, 1.54) is 193 Å². The first-order valence-corrected chi connectivity index (χ1v) is 39.0. The molecule has 0 saturated carbocycles. The topological polar surface area (TPSA) is 307 Å². The number of carbonyl (C=O) groups is 1. The highest BCUT2D eigenvalue weighted by Crippen LogP contribution is 2.33. The van der Waals surface area contributed by atoms with Crippen molar-refractivity contribution in [2.75, 3.05) is 26.4 Å². The molecule has 3 heterocycles. The first kappa shape index (κ1) is 88.7. The summed E-state index contributed by atoms with van der Waals surface area (Å²) >= 11 is 0. The Kier molecular flexibility index (Phi) is 53.9. The molecule has 3 aliphatic heterocycles. The number of ether oxygens (including phenoxy) is 6. The molecule has 19 nitrogen and oxygen atoms in total. The molecular weight excluding hydrogens is 1240 g/mol. The van der Waals surface area contributed by atoms with Gasteiger partial charge < -0.3 is 89.9 Å². The molecule has 3 saturated heterocycles. The van der Waals surface area contributed by atoms with Crippen LogP contribution >= 0.6 is 0 Å². The van der Waals surface area contributed by atoms with Crippen molar-refractivity contribution < 1.29 is 89.4 Å². The highest BCUT2D eigenvalue weighted by Gasteiger charge is 2.53. The third kappa shape index (κ3) is 39.6. The monoisotopic (exact) mass is 1380 g/mol. The van der Waals surface area contributed by atoms with Crippen molar-refractivity contribution in [3.8, 4) is 0 Å². The highest BCUT2D eigenvalue weighted by molar-refractivity contribution is 5.76. The van der Waals surface area contributed by atoms with Gasteiger partial charge in [-0.25, -0.2) is 0 Å². The van der Waals surface area contributed by atoms with Gasteiger partial charge in [-0.05, 0) is 57.8 Å². The van der Waals surface area contributed by atoms with Crippen molar-refractivity contribution in [2.45, 2.75) is 401 Å². The zero-order valence-corrected chi connectivity index (χ0v) is 60.3. The second-order valence-corrected chi connectivity index (χ2v) is 27.8. The summed E-state index contributed by atoms with van der Waals surface area (Å²) in [5, 5.41) is 121. The average molecular weight is 1380 g/mol. The first-order valence-electron chi connectivity index (χ1n) is 39.0. The average Bonchev–Trinajstić information content (AvgIpc) is 0.797. The van der Waals surface area contributed by atoms with E-state index in [2.05, 4.69) is 67.8 Å². The minimum Gasteiger partial charge on any atom is -0.394 e. The minimum atomic E-state index is -1.98. The van der Waals surface area contributed by atoms with E-state index in [-0.39, 0.29) is 18.9 Å². The second kappa shape index (κ2) is 58.9. The summed E-state index contributed by atoms with van der Waals surface area (Å²) < 4.78 is 34.4. The molecule has 0 aromatic heterocycles. The predicted molar refractivity (Wildman–Crippen MR) is 383 cm³/mol. The summed E-state index contributed by atoms with van der Waals surface area (Å²) in [6.07, 6.45) is 47.7. The smallest absolute Gasteiger partial charge is 0.220 e. The van der Waals surface area contributed by atoms with Gasteiger partial charge >= 0.3 is 0 Å². The largest absolute Gasteiger partial charge is 0.394 e. The fourth-order valence-corrected chi connectivity index (χ4v) is 13.1. The van der Waals surface area contributed by atoms with Crippen LogP contribution in [0.1, 0.15) is 296 Å². The van der Waals surface area contributed by atoms with Crippen LogP contribution < -0.4 is 5.32 Å². The lowest BCUT2D eigenvalue weighted by atomic mass is 9.96. The van der Waals surface area contributed by atoms with Crippen molar-refractivity contribution in [3.05, 3.63) is 60.8 Å². The SMILES string of the molecule is CC/C=C\C/C=C\C/C=C\C/C=C\CCCCCCCCCCCCCCC(=O)NC(COC1OC(CO)C(OC2OC(CO)C(OC3OC(CO)C(O)C(O)C3O)C(O)C2O)C(O)C1O)C(O)/C=C/CCCCCCCCCCCCCCCCCCCCCCCCCCC. The molecule has 566 valence electrons. The van der Waals surface area contributed by atoms with Gasteiger partial charge in [0.15, 0.2) is 18.9 Å². The fraction of sp³-hybridized carbons (Fsp3) is 0.859. The van der Waals surface area contributed by atoms with E-state index in [0.29, 0.717) is 6.42 Å². The van der Waals surface area contributed by atoms with E-state index in [1.54, 1.807) is 6.08 Å². The van der Waals surface area contributed by atoms with Gasteiger partial charge in [-0.2, -0.15) is 0 Å². The van der Waals surface area contributed by atoms with Crippen LogP contribution in [0.4, 0.5) is 0 Å². The van der Waals surface area contributed by atoms with Gasteiger partial charge in [-0.3, -0.25) is 4.79 Å². The highest BCUT2D eigenvalue weighted by atomic mass is 16.8. The van der Waals surface area contributed by atoms with Gasteiger partial charge in [0.2, 0.25) is 5.91 Å². The zero-order chi connectivity index (χ0) is 70.4. The molecule has 0 radical (unpaired) electrons. The maximum absolute atomic E-state index is 13.5. The molecule has 19 heteroatoms. The Hall–Kier alpha value is -2.51. The van der Waals surface area contributed by atoms with E-state index in [4.69, 9.17) is 28.4 Å². The number of hydrogen-bond donors (Lipinski definition) is 12. The van der Waals surface area contributed by atoms with E-state index in [9.17, 15) is 61.0 Å². The molecule has 97 heavy (non-hydrogen) atoms. The van der Waals surface area contributed by atoms with Crippen LogP contribution in [0.25, 0.3) is 0 Å². The maximum Gasteiger partial charge on any atom is 0.220 e.